The van der Waals surface area contributed by atoms with Crippen LogP contribution in [0.2, 0.25) is 0 Å². The van der Waals surface area contributed by atoms with E-state index in [2.05, 4.69) is 10.3 Å². The minimum Gasteiger partial charge on any atom is -0.363 e. The van der Waals surface area contributed by atoms with Gasteiger partial charge in [0.2, 0.25) is 11.8 Å². The molecular formula is C21H31N3O3. The third kappa shape index (κ3) is 4.79. The van der Waals surface area contributed by atoms with E-state index in [-0.39, 0.29) is 23.2 Å². The van der Waals surface area contributed by atoms with Crippen molar-refractivity contribution < 1.29 is 9.59 Å². The third-order valence-electron chi connectivity index (χ3n) is 6.13. The molecule has 1 saturated heterocycles. The lowest BCUT2D eigenvalue weighted by Gasteiger charge is -2.35. The van der Waals surface area contributed by atoms with Gasteiger partial charge in [-0.25, -0.2) is 0 Å². The van der Waals surface area contributed by atoms with Crippen LogP contribution in [0.25, 0.3) is 0 Å². The molecule has 6 nitrogen and oxygen atoms in total. The molecule has 1 unspecified atom stereocenters. The molecule has 3 rings (SSSR count). The summed E-state index contributed by atoms with van der Waals surface area (Å²) in [4.78, 5) is 41.9. The maximum absolute atomic E-state index is 12.6. The Hall–Kier alpha value is -2.11. The van der Waals surface area contributed by atoms with E-state index in [0.29, 0.717) is 43.0 Å². The molecule has 1 saturated carbocycles. The van der Waals surface area contributed by atoms with Crippen molar-refractivity contribution in [2.24, 2.45) is 11.8 Å². The number of aromatic nitrogens is 1. The maximum atomic E-state index is 12.6. The normalized spacial score (nSPS) is 21.3. The lowest BCUT2D eigenvalue weighted by Crippen LogP contribution is -2.47. The summed E-state index contributed by atoms with van der Waals surface area (Å²) < 4.78 is 0. The third-order valence-corrected chi connectivity index (χ3v) is 6.13. The fourth-order valence-corrected chi connectivity index (χ4v) is 4.29. The molecule has 2 heterocycles. The van der Waals surface area contributed by atoms with Crippen molar-refractivity contribution in [3.05, 3.63) is 33.2 Å². The molecule has 1 aliphatic carbocycles. The molecule has 148 valence electrons. The second-order valence-corrected chi connectivity index (χ2v) is 8.16. The van der Waals surface area contributed by atoms with Gasteiger partial charge in [0.25, 0.3) is 0 Å². The van der Waals surface area contributed by atoms with Gasteiger partial charge in [0.05, 0.1) is 12.5 Å². The summed E-state index contributed by atoms with van der Waals surface area (Å²) in [6.07, 6.45) is 8.94. The molecule has 1 atom stereocenters. The molecule has 2 amide bonds. The van der Waals surface area contributed by atoms with Crippen LogP contribution in [0.4, 0.5) is 0 Å². The summed E-state index contributed by atoms with van der Waals surface area (Å²) in [5.41, 5.74) is 2.07. The summed E-state index contributed by atoms with van der Waals surface area (Å²) in [6.45, 7) is 5.18. The quantitative estimate of drug-likeness (QED) is 0.832. The van der Waals surface area contributed by atoms with Gasteiger partial charge in [-0.3, -0.25) is 14.4 Å². The molecule has 27 heavy (non-hydrogen) atoms. The molecule has 1 aromatic rings. The topological polar surface area (TPSA) is 82.3 Å². The van der Waals surface area contributed by atoms with Crippen molar-refractivity contribution in [3.63, 3.8) is 0 Å². The minimum atomic E-state index is -0.163. The fraction of sp³-hybridized carbons (Fsp3) is 0.667. The number of nitrogens with one attached hydrogen (secondary N) is 2. The number of aromatic amines is 1. The largest absolute Gasteiger partial charge is 0.363 e. The van der Waals surface area contributed by atoms with Crippen LogP contribution >= 0.6 is 0 Å². The van der Waals surface area contributed by atoms with Crippen molar-refractivity contribution >= 4 is 11.8 Å². The zero-order valence-electron chi connectivity index (χ0n) is 16.5. The zero-order valence-corrected chi connectivity index (χ0v) is 16.5. The molecule has 1 aromatic heterocycles. The number of carbonyl (C=O) groups is 2. The van der Waals surface area contributed by atoms with E-state index >= 15 is 0 Å². The Balaban J connectivity index is 1.55. The van der Waals surface area contributed by atoms with E-state index in [9.17, 15) is 14.4 Å². The Morgan fingerprint density at radius 3 is 2.67 bits per heavy atom. The first-order chi connectivity index (χ1) is 13.0. The first-order valence-electron chi connectivity index (χ1n) is 10.2. The van der Waals surface area contributed by atoms with Gasteiger partial charge < -0.3 is 15.2 Å². The number of piperidine rings is 1. The van der Waals surface area contributed by atoms with Gasteiger partial charge in [-0.1, -0.05) is 19.3 Å². The monoisotopic (exact) mass is 373 g/mol. The lowest BCUT2D eigenvalue weighted by molar-refractivity contribution is -0.139. The first-order valence-corrected chi connectivity index (χ1v) is 10.2. The fourth-order valence-electron chi connectivity index (χ4n) is 4.29. The summed E-state index contributed by atoms with van der Waals surface area (Å²) in [5.74, 6) is 0.578. The number of likely N-dealkylation sites (tertiary alicyclic amines) is 1. The van der Waals surface area contributed by atoms with E-state index in [1.165, 1.54) is 32.1 Å². The minimum absolute atomic E-state index is 0.0138. The molecule has 1 aliphatic heterocycles. The van der Waals surface area contributed by atoms with Crippen molar-refractivity contribution in [1.29, 1.82) is 0 Å². The van der Waals surface area contributed by atoms with Gasteiger partial charge in [-0.15, -0.1) is 0 Å². The summed E-state index contributed by atoms with van der Waals surface area (Å²) in [5, 5.41) is 2.95. The summed E-state index contributed by atoms with van der Waals surface area (Å²) >= 11 is 0. The Labute approximate surface area is 160 Å². The zero-order chi connectivity index (χ0) is 19.4. The van der Waals surface area contributed by atoms with E-state index in [1.54, 1.807) is 20.0 Å². The van der Waals surface area contributed by atoms with Crippen LogP contribution in [-0.2, 0) is 16.1 Å². The van der Waals surface area contributed by atoms with Crippen LogP contribution < -0.4 is 10.7 Å². The van der Waals surface area contributed by atoms with E-state index in [0.717, 1.165) is 12.2 Å². The lowest BCUT2D eigenvalue weighted by atomic mass is 9.87. The molecule has 2 N–H and O–H groups in total. The van der Waals surface area contributed by atoms with Gasteiger partial charge in [-0.2, -0.15) is 0 Å². The molecule has 2 fully saturated rings. The average Bonchev–Trinajstić information content (AvgIpc) is 2.68. The Morgan fingerprint density at radius 2 is 1.93 bits per heavy atom. The number of amides is 2. The Kier molecular flexibility index (Phi) is 6.34. The number of nitrogens with zero attached hydrogens (tertiary/aromatic N) is 1. The molecular weight excluding hydrogens is 342 g/mol. The van der Waals surface area contributed by atoms with Crippen molar-refractivity contribution in [3.8, 4) is 0 Å². The number of pyridine rings is 1. The van der Waals surface area contributed by atoms with E-state index in [1.807, 2.05) is 4.90 Å². The average molecular weight is 373 g/mol. The van der Waals surface area contributed by atoms with Crippen LogP contribution in [-0.4, -0.2) is 34.8 Å². The smallest absolute Gasteiger partial charge is 0.225 e. The number of H-pyrrole nitrogens is 1. The van der Waals surface area contributed by atoms with Gasteiger partial charge in [0.1, 0.15) is 0 Å². The molecule has 0 radical (unpaired) electrons. The Bertz CT molecular complexity index is 750. The molecule has 0 spiro atoms. The number of hydrogen-bond acceptors (Lipinski definition) is 3. The second kappa shape index (κ2) is 8.72. The highest BCUT2D eigenvalue weighted by atomic mass is 16.2. The highest BCUT2D eigenvalue weighted by Gasteiger charge is 2.31. The predicted molar refractivity (Wildman–Crippen MR) is 104 cm³/mol. The number of aryl methyl sites for hydroxylation is 1. The van der Waals surface area contributed by atoms with Crippen LogP contribution in [0.15, 0.2) is 11.0 Å². The van der Waals surface area contributed by atoms with E-state index < -0.39 is 0 Å². The summed E-state index contributed by atoms with van der Waals surface area (Å²) in [6, 6.07) is 0. The van der Waals surface area contributed by atoms with Crippen molar-refractivity contribution in [1.82, 2.24) is 15.2 Å². The van der Waals surface area contributed by atoms with Crippen LogP contribution in [0.5, 0.6) is 0 Å². The molecule has 0 aromatic carbocycles. The molecule has 6 heteroatoms. The van der Waals surface area contributed by atoms with Crippen LogP contribution in [0, 0.1) is 25.7 Å². The van der Waals surface area contributed by atoms with Gasteiger partial charge in [0.15, 0.2) is 5.43 Å². The number of rotatable bonds is 5. The van der Waals surface area contributed by atoms with Gasteiger partial charge >= 0.3 is 0 Å². The highest BCUT2D eigenvalue weighted by molar-refractivity contribution is 5.83. The Morgan fingerprint density at radius 1 is 1.19 bits per heavy atom. The summed E-state index contributed by atoms with van der Waals surface area (Å²) in [7, 11) is 0. The molecule has 0 bridgehead atoms. The predicted octanol–water partition coefficient (Wildman–Crippen LogP) is 2.43. The first kappa shape index (κ1) is 19.6. The molecule has 2 aliphatic rings. The van der Waals surface area contributed by atoms with Crippen LogP contribution in [0.3, 0.4) is 0 Å². The van der Waals surface area contributed by atoms with E-state index in [4.69, 9.17) is 0 Å². The second-order valence-electron chi connectivity index (χ2n) is 8.16. The highest BCUT2D eigenvalue weighted by Crippen LogP contribution is 2.27. The van der Waals surface area contributed by atoms with Gasteiger partial charge in [-0.05, 0) is 39.0 Å². The van der Waals surface area contributed by atoms with Crippen molar-refractivity contribution in [2.75, 3.05) is 13.1 Å². The van der Waals surface area contributed by atoms with Gasteiger partial charge in [0, 0.05) is 42.5 Å². The van der Waals surface area contributed by atoms with Crippen LogP contribution in [0.1, 0.15) is 61.8 Å². The standard InChI is InChI=1S/C21H31N3O3/c1-14-10-22-18(15(2)20(14)26)11-23-21(27)17-8-9-19(25)24(13-17)12-16-6-4-3-5-7-16/h10,16-17H,3-9,11-13H2,1-2H3,(H,22,26)(H,23,27). The maximum Gasteiger partial charge on any atom is 0.225 e. The number of carbonyl (C=O) groups excluding carboxylic acids is 2. The van der Waals surface area contributed by atoms with Crippen molar-refractivity contribution in [2.45, 2.75) is 65.3 Å². The SMILES string of the molecule is Cc1c[nH]c(CNC(=O)C2CCC(=O)N(CC3CCCCC3)C2)c(C)c1=O. The number of hydrogen-bond donors (Lipinski definition) is 2.